The van der Waals surface area contributed by atoms with E-state index in [1.165, 1.54) is 24.3 Å². The monoisotopic (exact) mass is 351 g/mol. The van der Waals surface area contributed by atoms with Crippen molar-refractivity contribution in [3.63, 3.8) is 0 Å². The summed E-state index contributed by atoms with van der Waals surface area (Å²) in [6.07, 6.45) is 0.898. The quantitative estimate of drug-likeness (QED) is 0.624. The zero-order valence-corrected chi connectivity index (χ0v) is 13.3. The lowest BCUT2D eigenvalue weighted by atomic mass is 10.2. The molecule has 2 rings (SSSR count). The highest BCUT2D eigenvalue weighted by atomic mass is 32.2. The second-order valence-corrected chi connectivity index (χ2v) is 6.97. The molecule has 24 heavy (non-hydrogen) atoms. The smallest absolute Gasteiger partial charge is 0.288 e. The average molecular weight is 351 g/mol. The van der Waals surface area contributed by atoms with Crippen molar-refractivity contribution in [3.8, 4) is 0 Å². The molecular weight excluding hydrogens is 338 g/mol. The Labute approximate surface area is 137 Å². The molecular formula is C14H13N3O6S. The number of nitro groups is 2. The molecule has 0 amide bonds. The van der Waals surface area contributed by atoms with Crippen LogP contribution in [0.3, 0.4) is 0 Å². The van der Waals surface area contributed by atoms with Gasteiger partial charge in [-0.25, -0.2) is 8.42 Å². The van der Waals surface area contributed by atoms with E-state index in [9.17, 15) is 28.6 Å². The predicted octanol–water partition coefficient (Wildman–Crippen LogP) is 2.52. The molecule has 0 aliphatic rings. The molecule has 0 aliphatic carbocycles. The lowest BCUT2D eigenvalue weighted by Crippen LogP contribution is -2.05. The fourth-order valence-corrected chi connectivity index (χ4v) is 2.88. The average Bonchev–Trinajstić information content (AvgIpc) is 2.52. The fourth-order valence-electron chi connectivity index (χ4n) is 2.01. The third-order valence-corrected chi connectivity index (χ3v) is 4.33. The van der Waals surface area contributed by atoms with Crippen molar-refractivity contribution in [2.24, 2.45) is 0 Å². The molecule has 1 N–H and O–H groups in total. The molecule has 0 aromatic heterocycles. The van der Waals surface area contributed by atoms with Gasteiger partial charge in [-0.1, -0.05) is 12.1 Å². The normalized spacial score (nSPS) is 11.0. The molecule has 0 atom stereocenters. The number of sulfone groups is 1. The zero-order chi connectivity index (χ0) is 17.9. The zero-order valence-electron chi connectivity index (χ0n) is 12.5. The lowest BCUT2D eigenvalue weighted by Gasteiger charge is -2.08. The predicted molar refractivity (Wildman–Crippen MR) is 86.6 cm³/mol. The van der Waals surface area contributed by atoms with Gasteiger partial charge < -0.3 is 5.32 Å². The van der Waals surface area contributed by atoms with E-state index in [1.54, 1.807) is 12.1 Å². The third-order valence-electron chi connectivity index (χ3n) is 3.20. The Kier molecular flexibility index (Phi) is 4.79. The minimum atomic E-state index is -3.76. The molecule has 126 valence electrons. The first-order chi connectivity index (χ1) is 11.2. The van der Waals surface area contributed by atoms with Crippen LogP contribution < -0.4 is 5.32 Å². The molecule has 0 radical (unpaired) electrons. The molecule has 0 bridgehead atoms. The summed E-state index contributed by atoms with van der Waals surface area (Å²) in [5, 5.41) is 24.4. The highest BCUT2D eigenvalue weighted by molar-refractivity contribution is 7.90. The summed E-state index contributed by atoms with van der Waals surface area (Å²) in [7, 11) is -3.76. The number of non-ortho nitro benzene ring substituents is 1. The van der Waals surface area contributed by atoms with Gasteiger partial charge in [0.15, 0.2) is 9.84 Å². The van der Waals surface area contributed by atoms with Crippen LogP contribution in [0.1, 0.15) is 5.56 Å². The number of nitrogens with zero attached hydrogens (tertiary/aromatic N) is 2. The minimum Gasteiger partial charge on any atom is -0.381 e. The second kappa shape index (κ2) is 6.62. The van der Waals surface area contributed by atoms with E-state index in [-0.39, 0.29) is 17.1 Å². The van der Waals surface area contributed by atoms with Gasteiger partial charge in [0.05, 0.1) is 9.85 Å². The van der Waals surface area contributed by atoms with Gasteiger partial charge in [0.2, 0.25) is 0 Å². The summed E-state index contributed by atoms with van der Waals surface area (Å²) in [4.78, 5) is 19.9. The van der Waals surface area contributed by atoms with Crippen molar-refractivity contribution in [3.05, 3.63) is 68.3 Å². The number of anilines is 1. The number of nitro benzene ring substituents is 2. The largest absolute Gasteiger partial charge is 0.381 e. The van der Waals surface area contributed by atoms with Gasteiger partial charge in [0.25, 0.3) is 11.4 Å². The Bertz CT molecular complexity index is 893. The van der Waals surface area contributed by atoms with Gasteiger partial charge in [-0.05, 0) is 17.7 Å². The van der Waals surface area contributed by atoms with Crippen LogP contribution in [0.25, 0.3) is 0 Å². The van der Waals surface area contributed by atoms with Crippen LogP contribution in [0.15, 0.2) is 47.4 Å². The Morgan fingerprint density at radius 2 is 1.62 bits per heavy atom. The molecule has 0 aliphatic heterocycles. The summed E-state index contributed by atoms with van der Waals surface area (Å²) in [5.41, 5.74) is 0.603. The molecule has 2 aromatic rings. The van der Waals surface area contributed by atoms with Crippen LogP contribution in [-0.2, 0) is 16.4 Å². The first-order valence-corrected chi connectivity index (χ1v) is 8.53. The van der Waals surface area contributed by atoms with Crippen LogP contribution in [-0.4, -0.2) is 24.5 Å². The molecule has 2 aromatic carbocycles. The van der Waals surface area contributed by atoms with E-state index in [4.69, 9.17) is 0 Å². The first-order valence-electron chi connectivity index (χ1n) is 6.64. The Balaban J connectivity index is 2.21. The maximum atomic E-state index is 11.7. The topological polar surface area (TPSA) is 132 Å². The van der Waals surface area contributed by atoms with Gasteiger partial charge in [-0.15, -0.1) is 0 Å². The molecule has 0 saturated heterocycles. The number of hydrogen-bond donors (Lipinski definition) is 1. The molecule has 0 spiro atoms. The fraction of sp³-hybridized carbons (Fsp3) is 0.143. The van der Waals surface area contributed by atoms with Crippen molar-refractivity contribution < 1.29 is 18.3 Å². The standard InChI is InChI=1S/C14H13N3O6S/c1-24(22,23)14-8-11(4-7-13(14)17(20)21)15-9-10-2-5-12(6-3-10)16(18)19/h2-8,15H,9H2,1H3. The van der Waals surface area contributed by atoms with Gasteiger partial charge >= 0.3 is 0 Å². The summed E-state index contributed by atoms with van der Waals surface area (Å²) in [6, 6.07) is 9.55. The Hall–Kier alpha value is -3.01. The van der Waals surface area contributed by atoms with E-state index < -0.39 is 25.4 Å². The van der Waals surface area contributed by atoms with Gasteiger partial charge in [0, 0.05) is 36.7 Å². The van der Waals surface area contributed by atoms with Crippen LogP contribution in [0, 0.1) is 20.2 Å². The first kappa shape index (κ1) is 17.3. The summed E-state index contributed by atoms with van der Waals surface area (Å²) < 4.78 is 23.4. The minimum absolute atomic E-state index is 0.0338. The lowest BCUT2D eigenvalue weighted by molar-refractivity contribution is -0.387. The van der Waals surface area contributed by atoms with E-state index in [1.807, 2.05) is 0 Å². The van der Waals surface area contributed by atoms with E-state index in [2.05, 4.69) is 5.32 Å². The van der Waals surface area contributed by atoms with Crippen LogP contribution in [0.4, 0.5) is 17.1 Å². The van der Waals surface area contributed by atoms with Crippen LogP contribution in [0.2, 0.25) is 0 Å². The van der Waals surface area contributed by atoms with Gasteiger partial charge in [-0.3, -0.25) is 20.2 Å². The van der Waals surface area contributed by atoms with E-state index in [0.29, 0.717) is 5.69 Å². The number of benzene rings is 2. The van der Waals surface area contributed by atoms with Crippen molar-refractivity contribution in [1.82, 2.24) is 0 Å². The Morgan fingerprint density at radius 1 is 1.00 bits per heavy atom. The molecule has 0 saturated carbocycles. The summed E-state index contributed by atoms with van der Waals surface area (Å²) in [6.45, 7) is 0.277. The van der Waals surface area contributed by atoms with Crippen LogP contribution >= 0.6 is 0 Å². The van der Waals surface area contributed by atoms with E-state index >= 15 is 0 Å². The highest BCUT2D eigenvalue weighted by Gasteiger charge is 2.22. The third kappa shape index (κ3) is 4.04. The van der Waals surface area contributed by atoms with Crippen molar-refractivity contribution in [2.75, 3.05) is 11.6 Å². The highest BCUT2D eigenvalue weighted by Crippen LogP contribution is 2.27. The van der Waals surface area contributed by atoms with Crippen molar-refractivity contribution >= 4 is 26.9 Å². The summed E-state index contributed by atoms with van der Waals surface area (Å²) in [5.74, 6) is 0. The summed E-state index contributed by atoms with van der Waals surface area (Å²) >= 11 is 0. The molecule has 0 heterocycles. The number of nitrogens with one attached hydrogen (secondary N) is 1. The second-order valence-electron chi connectivity index (χ2n) is 4.99. The molecule has 9 nitrogen and oxygen atoms in total. The maximum absolute atomic E-state index is 11.7. The number of rotatable bonds is 6. The maximum Gasteiger partial charge on any atom is 0.288 e. The molecule has 0 fully saturated rings. The SMILES string of the molecule is CS(=O)(=O)c1cc(NCc2ccc([N+](=O)[O-])cc2)ccc1[N+](=O)[O-]. The molecule has 0 unspecified atom stereocenters. The molecule has 10 heteroatoms. The van der Waals surface area contributed by atoms with Gasteiger partial charge in [-0.2, -0.15) is 0 Å². The Morgan fingerprint density at radius 3 is 2.12 bits per heavy atom. The van der Waals surface area contributed by atoms with E-state index in [0.717, 1.165) is 17.9 Å². The number of hydrogen-bond acceptors (Lipinski definition) is 7. The van der Waals surface area contributed by atoms with Crippen molar-refractivity contribution in [1.29, 1.82) is 0 Å². The van der Waals surface area contributed by atoms with Gasteiger partial charge in [0.1, 0.15) is 4.90 Å². The van der Waals surface area contributed by atoms with Crippen molar-refractivity contribution in [2.45, 2.75) is 11.4 Å². The van der Waals surface area contributed by atoms with Crippen LogP contribution in [0.5, 0.6) is 0 Å².